The fourth-order valence-electron chi connectivity index (χ4n) is 2.31. The van der Waals surface area contributed by atoms with Crippen LogP contribution in [-0.4, -0.2) is 35.2 Å². The van der Waals surface area contributed by atoms with Crippen LogP contribution in [0.5, 0.6) is 0 Å². The van der Waals surface area contributed by atoms with Gasteiger partial charge in [0.15, 0.2) is 0 Å². The summed E-state index contributed by atoms with van der Waals surface area (Å²) in [5.41, 5.74) is 0.793. The molecule has 0 aliphatic carbocycles. The maximum Gasteiger partial charge on any atom is 0.262 e. The van der Waals surface area contributed by atoms with Gasteiger partial charge in [0.05, 0.1) is 11.7 Å². The zero-order valence-electron chi connectivity index (χ0n) is 14.7. The van der Waals surface area contributed by atoms with Crippen LogP contribution in [0.25, 0.3) is 10.2 Å². The Morgan fingerprint density at radius 2 is 2.17 bits per heavy atom. The van der Waals surface area contributed by atoms with Crippen LogP contribution in [0.1, 0.15) is 30.7 Å². The van der Waals surface area contributed by atoms with Gasteiger partial charge in [0, 0.05) is 24.6 Å². The van der Waals surface area contributed by atoms with Crippen LogP contribution >= 0.6 is 11.3 Å². The van der Waals surface area contributed by atoms with E-state index in [1.807, 2.05) is 13.8 Å². The lowest BCUT2D eigenvalue weighted by Gasteiger charge is -2.09. The number of rotatable bonds is 8. The molecule has 0 bridgehead atoms. The Balaban J connectivity index is 1.88. The second kappa shape index (κ2) is 8.39. The molecule has 0 saturated carbocycles. The topological polar surface area (TPSA) is 73.2 Å². The van der Waals surface area contributed by atoms with E-state index in [-0.39, 0.29) is 18.0 Å². The zero-order chi connectivity index (χ0) is 17.7. The molecule has 0 unspecified atom stereocenters. The Bertz CT molecular complexity index is 764. The van der Waals surface area contributed by atoms with Gasteiger partial charge >= 0.3 is 0 Å². The highest BCUT2D eigenvalue weighted by molar-refractivity contribution is 7.18. The molecule has 0 fully saturated rings. The van der Waals surface area contributed by atoms with Gasteiger partial charge < -0.3 is 10.1 Å². The van der Waals surface area contributed by atoms with Gasteiger partial charge in [0.25, 0.3) is 5.56 Å². The number of nitrogens with one attached hydrogen (secondary N) is 1. The lowest BCUT2D eigenvalue weighted by molar-refractivity contribution is -0.121. The Morgan fingerprint density at radius 1 is 1.42 bits per heavy atom. The number of hydrogen-bond donors (Lipinski definition) is 1. The minimum Gasteiger partial charge on any atom is -0.381 e. The molecule has 0 aliphatic heterocycles. The van der Waals surface area contributed by atoms with E-state index in [1.165, 1.54) is 22.2 Å². The standard InChI is InChI=1S/C17H25N3O3S/c1-11(2)9-23-7-5-6-18-14(21)8-20-10-19-16-15(17(20)22)12(3)13(4)24-16/h10-11H,5-9H2,1-4H3,(H,18,21). The van der Waals surface area contributed by atoms with Crippen molar-refractivity contribution >= 4 is 27.5 Å². The molecule has 0 aliphatic rings. The van der Waals surface area contributed by atoms with Gasteiger partial charge in [-0.15, -0.1) is 11.3 Å². The van der Waals surface area contributed by atoms with E-state index in [0.717, 1.165) is 28.3 Å². The third-order valence-corrected chi connectivity index (χ3v) is 4.82. The number of aryl methyl sites for hydroxylation is 2. The van der Waals surface area contributed by atoms with Crippen molar-refractivity contribution in [3.8, 4) is 0 Å². The number of nitrogens with zero attached hydrogens (tertiary/aromatic N) is 2. The Labute approximate surface area is 145 Å². The summed E-state index contributed by atoms with van der Waals surface area (Å²) < 4.78 is 6.83. The molecule has 1 N–H and O–H groups in total. The van der Waals surface area contributed by atoms with Gasteiger partial charge in [0.2, 0.25) is 5.91 Å². The highest BCUT2D eigenvalue weighted by Crippen LogP contribution is 2.25. The normalized spacial score (nSPS) is 11.4. The number of carbonyl (C=O) groups is 1. The first kappa shape index (κ1) is 18.6. The van der Waals surface area contributed by atoms with Gasteiger partial charge in [-0.2, -0.15) is 0 Å². The van der Waals surface area contributed by atoms with Gasteiger partial charge in [-0.1, -0.05) is 13.8 Å². The number of fused-ring (bicyclic) bond motifs is 1. The highest BCUT2D eigenvalue weighted by Gasteiger charge is 2.13. The maximum atomic E-state index is 12.5. The molecule has 2 rings (SSSR count). The Kier molecular flexibility index (Phi) is 6.51. The molecule has 2 aromatic heterocycles. The van der Waals surface area contributed by atoms with Gasteiger partial charge in [-0.05, 0) is 31.7 Å². The van der Waals surface area contributed by atoms with Crippen LogP contribution in [0.3, 0.4) is 0 Å². The number of carbonyl (C=O) groups excluding carboxylic acids is 1. The fraction of sp³-hybridized carbons (Fsp3) is 0.588. The summed E-state index contributed by atoms with van der Waals surface area (Å²) in [5.74, 6) is 0.324. The first-order valence-electron chi connectivity index (χ1n) is 8.19. The molecule has 24 heavy (non-hydrogen) atoms. The summed E-state index contributed by atoms with van der Waals surface area (Å²) in [4.78, 5) is 30.6. The van der Waals surface area contributed by atoms with E-state index in [9.17, 15) is 9.59 Å². The Morgan fingerprint density at radius 3 is 2.88 bits per heavy atom. The van der Waals surface area contributed by atoms with Crippen LogP contribution in [0, 0.1) is 19.8 Å². The van der Waals surface area contributed by atoms with E-state index in [0.29, 0.717) is 24.5 Å². The molecule has 6 nitrogen and oxygen atoms in total. The summed E-state index contributed by atoms with van der Waals surface area (Å²) in [5, 5.41) is 3.43. The minimum atomic E-state index is -0.188. The van der Waals surface area contributed by atoms with Crippen LogP contribution in [0.15, 0.2) is 11.1 Å². The number of hydrogen-bond acceptors (Lipinski definition) is 5. The van der Waals surface area contributed by atoms with Crippen molar-refractivity contribution in [2.75, 3.05) is 19.8 Å². The lowest BCUT2D eigenvalue weighted by atomic mass is 10.2. The van der Waals surface area contributed by atoms with E-state index in [4.69, 9.17) is 4.74 Å². The average molecular weight is 351 g/mol. The fourth-order valence-corrected chi connectivity index (χ4v) is 3.30. The lowest BCUT2D eigenvalue weighted by Crippen LogP contribution is -2.33. The number of amides is 1. The van der Waals surface area contributed by atoms with Crippen LogP contribution in [0.4, 0.5) is 0 Å². The number of aromatic nitrogens is 2. The molecule has 0 spiro atoms. The third kappa shape index (κ3) is 4.64. The highest BCUT2D eigenvalue weighted by atomic mass is 32.1. The second-order valence-corrected chi connectivity index (χ2v) is 7.52. The van der Waals surface area contributed by atoms with Crippen molar-refractivity contribution in [2.24, 2.45) is 5.92 Å². The molecule has 132 valence electrons. The molecular weight excluding hydrogens is 326 g/mol. The first-order valence-corrected chi connectivity index (χ1v) is 9.01. The largest absolute Gasteiger partial charge is 0.381 e. The summed E-state index contributed by atoms with van der Waals surface area (Å²) in [7, 11) is 0. The van der Waals surface area contributed by atoms with Crippen molar-refractivity contribution in [1.29, 1.82) is 0 Å². The number of ether oxygens (including phenoxy) is 1. The monoisotopic (exact) mass is 351 g/mol. The molecule has 0 atom stereocenters. The quantitative estimate of drug-likeness (QED) is 0.741. The van der Waals surface area contributed by atoms with Crippen molar-refractivity contribution in [3.05, 3.63) is 27.1 Å². The van der Waals surface area contributed by atoms with E-state index >= 15 is 0 Å². The second-order valence-electron chi connectivity index (χ2n) is 6.31. The molecule has 0 radical (unpaired) electrons. The molecule has 2 aromatic rings. The summed E-state index contributed by atoms with van der Waals surface area (Å²) in [6.45, 7) is 9.97. The maximum absolute atomic E-state index is 12.5. The van der Waals surface area contributed by atoms with Gasteiger partial charge in [-0.3, -0.25) is 14.2 Å². The van der Waals surface area contributed by atoms with Gasteiger partial charge in [-0.25, -0.2) is 4.98 Å². The summed E-state index contributed by atoms with van der Waals surface area (Å²) in [6, 6.07) is 0. The number of thiophene rings is 1. The van der Waals surface area contributed by atoms with E-state index in [2.05, 4.69) is 24.1 Å². The first-order chi connectivity index (χ1) is 11.4. The molecule has 1 amide bonds. The molecular formula is C17H25N3O3S. The Hall–Kier alpha value is -1.73. The van der Waals surface area contributed by atoms with Crippen molar-refractivity contribution < 1.29 is 9.53 Å². The van der Waals surface area contributed by atoms with Crippen molar-refractivity contribution in [2.45, 2.75) is 40.7 Å². The van der Waals surface area contributed by atoms with Crippen LogP contribution < -0.4 is 10.9 Å². The zero-order valence-corrected chi connectivity index (χ0v) is 15.5. The smallest absolute Gasteiger partial charge is 0.262 e. The van der Waals surface area contributed by atoms with Crippen molar-refractivity contribution in [3.63, 3.8) is 0 Å². The van der Waals surface area contributed by atoms with E-state index in [1.54, 1.807) is 0 Å². The SMILES string of the molecule is Cc1sc2ncn(CC(=O)NCCCOCC(C)C)c(=O)c2c1C. The molecule has 2 heterocycles. The minimum absolute atomic E-state index is 0.0110. The third-order valence-electron chi connectivity index (χ3n) is 3.71. The van der Waals surface area contributed by atoms with Crippen LogP contribution in [0.2, 0.25) is 0 Å². The summed E-state index contributed by atoms with van der Waals surface area (Å²) in [6.07, 6.45) is 2.21. The predicted octanol–water partition coefficient (Wildman–Crippen LogP) is 2.25. The molecule has 0 aromatic carbocycles. The summed E-state index contributed by atoms with van der Waals surface area (Å²) >= 11 is 1.50. The van der Waals surface area contributed by atoms with Crippen LogP contribution in [-0.2, 0) is 16.1 Å². The molecule has 0 saturated heterocycles. The van der Waals surface area contributed by atoms with Gasteiger partial charge in [0.1, 0.15) is 11.4 Å². The van der Waals surface area contributed by atoms with Crippen molar-refractivity contribution in [1.82, 2.24) is 14.9 Å². The predicted molar refractivity (Wildman–Crippen MR) is 96.6 cm³/mol. The van der Waals surface area contributed by atoms with E-state index < -0.39 is 0 Å². The molecule has 7 heteroatoms. The average Bonchev–Trinajstić information content (AvgIpc) is 2.81.